The minimum atomic E-state index is 0.907. The second-order valence-electron chi connectivity index (χ2n) is 4.87. The SMILES string of the molecule is CCNc1cccc(N(CC)CCCN(CC)CC)n1. The molecule has 0 aromatic carbocycles. The van der Waals surface area contributed by atoms with Crippen LogP contribution in [0.2, 0.25) is 0 Å². The summed E-state index contributed by atoms with van der Waals surface area (Å²) in [6.07, 6.45) is 1.18. The van der Waals surface area contributed by atoms with Gasteiger partial charge in [0.05, 0.1) is 0 Å². The van der Waals surface area contributed by atoms with Gasteiger partial charge in [-0.2, -0.15) is 0 Å². The van der Waals surface area contributed by atoms with Gasteiger partial charge in [-0.15, -0.1) is 0 Å². The molecule has 0 aliphatic carbocycles. The van der Waals surface area contributed by atoms with E-state index in [1.165, 1.54) is 6.42 Å². The monoisotopic (exact) mass is 278 g/mol. The number of pyridine rings is 1. The number of rotatable bonds is 10. The van der Waals surface area contributed by atoms with Gasteiger partial charge in [0, 0.05) is 19.6 Å². The third-order valence-electron chi connectivity index (χ3n) is 3.59. The van der Waals surface area contributed by atoms with Crippen molar-refractivity contribution in [1.29, 1.82) is 0 Å². The molecule has 1 aromatic rings. The summed E-state index contributed by atoms with van der Waals surface area (Å²) in [5, 5.41) is 3.27. The molecule has 0 amide bonds. The quantitative estimate of drug-likeness (QED) is 0.713. The molecule has 20 heavy (non-hydrogen) atoms. The minimum Gasteiger partial charge on any atom is -0.370 e. The Kier molecular flexibility index (Phi) is 8.04. The van der Waals surface area contributed by atoms with Crippen molar-refractivity contribution in [3.8, 4) is 0 Å². The summed E-state index contributed by atoms with van der Waals surface area (Å²) in [4.78, 5) is 9.49. The Balaban J connectivity index is 2.54. The van der Waals surface area contributed by atoms with E-state index in [-0.39, 0.29) is 0 Å². The zero-order chi connectivity index (χ0) is 14.8. The van der Waals surface area contributed by atoms with Crippen molar-refractivity contribution in [2.45, 2.75) is 34.1 Å². The van der Waals surface area contributed by atoms with E-state index in [0.29, 0.717) is 0 Å². The first kappa shape index (κ1) is 16.8. The van der Waals surface area contributed by atoms with E-state index in [2.05, 4.69) is 59.9 Å². The third kappa shape index (κ3) is 5.37. The smallest absolute Gasteiger partial charge is 0.130 e. The number of nitrogens with zero attached hydrogens (tertiary/aromatic N) is 3. The van der Waals surface area contributed by atoms with Gasteiger partial charge in [-0.3, -0.25) is 0 Å². The predicted molar refractivity (Wildman–Crippen MR) is 88.7 cm³/mol. The zero-order valence-electron chi connectivity index (χ0n) is 13.5. The van der Waals surface area contributed by atoms with Gasteiger partial charge in [0.1, 0.15) is 11.6 Å². The van der Waals surface area contributed by atoms with Crippen molar-refractivity contribution in [3.05, 3.63) is 18.2 Å². The Morgan fingerprint density at radius 1 is 1.00 bits per heavy atom. The Morgan fingerprint density at radius 2 is 1.75 bits per heavy atom. The van der Waals surface area contributed by atoms with Gasteiger partial charge < -0.3 is 15.1 Å². The van der Waals surface area contributed by atoms with Crippen LogP contribution in [0.3, 0.4) is 0 Å². The minimum absolute atomic E-state index is 0.907. The molecule has 0 bridgehead atoms. The Morgan fingerprint density at radius 3 is 2.35 bits per heavy atom. The summed E-state index contributed by atoms with van der Waals surface area (Å²) in [7, 11) is 0. The molecule has 0 saturated carbocycles. The molecule has 1 N–H and O–H groups in total. The van der Waals surface area contributed by atoms with E-state index in [1.54, 1.807) is 0 Å². The molecule has 0 saturated heterocycles. The molecule has 0 aliphatic heterocycles. The average molecular weight is 278 g/mol. The van der Waals surface area contributed by atoms with Crippen LogP contribution in [0.25, 0.3) is 0 Å². The van der Waals surface area contributed by atoms with Crippen LogP contribution in [0.15, 0.2) is 18.2 Å². The summed E-state index contributed by atoms with van der Waals surface area (Å²) in [5.41, 5.74) is 0. The van der Waals surface area contributed by atoms with Crippen LogP contribution in [0.1, 0.15) is 34.1 Å². The van der Waals surface area contributed by atoms with Crippen LogP contribution >= 0.6 is 0 Å². The second-order valence-corrected chi connectivity index (χ2v) is 4.87. The lowest BCUT2D eigenvalue weighted by atomic mass is 10.3. The van der Waals surface area contributed by atoms with Gasteiger partial charge in [0.15, 0.2) is 0 Å². The number of anilines is 2. The summed E-state index contributed by atoms with van der Waals surface area (Å²) in [6, 6.07) is 6.20. The van der Waals surface area contributed by atoms with Crippen molar-refractivity contribution in [1.82, 2.24) is 9.88 Å². The van der Waals surface area contributed by atoms with Crippen LogP contribution < -0.4 is 10.2 Å². The second kappa shape index (κ2) is 9.59. The van der Waals surface area contributed by atoms with E-state index < -0.39 is 0 Å². The lowest BCUT2D eigenvalue weighted by molar-refractivity contribution is 0.300. The molecular weight excluding hydrogens is 248 g/mol. The van der Waals surface area contributed by atoms with E-state index in [0.717, 1.165) is 50.9 Å². The lowest BCUT2D eigenvalue weighted by Crippen LogP contribution is -2.30. The maximum Gasteiger partial charge on any atom is 0.130 e. The van der Waals surface area contributed by atoms with Gasteiger partial charge in [0.25, 0.3) is 0 Å². The number of aromatic nitrogens is 1. The molecule has 4 heteroatoms. The van der Waals surface area contributed by atoms with E-state index in [1.807, 2.05) is 6.07 Å². The maximum absolute atomic E-state index is 4.67. The lowest BCUT2D eigenvalue weighted by Gasteiger charge is -2.24. The molecular formula is C16H30N4. The van der Waals surface area contributed by atoms with Gasteiger partial charge in [-0.25, -0.2) is 4.98 Å². The molecule has 0 spiro atoms. The molecule has 0 unspecified atom stereocenters. The Bertz CT molecular complexity index is 363. The highest BCUT2D eigenvalue weighted by Gasteiger charge is 2.07. The molecule has 0 aliphatic rings. The highest BCUT2D eigenvalue weighted by molar-refractivity contribution is 5.46. The largest absolute Gasteiger partial charge is 0.370 e. The molecule has 1 rings (SSSR count). The normalized spacial score (nSPS) is 10.8. The molecule has 0 atom stereocenters. The topological polar surface area (TPSA) is 31.4 Å². The van der Waals surface area contributed by atoms with E-state index in [9.17, 15) is 0 Å². The summed E-state index contributed by atoms with van der Waals surface area (Å²) >= 11 is 0. The van der Waals surface area contributed by atoms with E-state index in [4.69, 9.17) is 0 Å². The molecule has 114 valence electrons. The van der Waals surface area contributed by atoms with Gasteiger partial charge in [-0.05, 0) is 52.0 Å². The first-order valence-electron chi connectivity index (χ1n) is 7.93. The van der Waals surface area contributed by atoms with Crippen molar-refractivity contribution in [3.63, 3.8) is 0 Å². The van der Waals surface area contributed by atoms with Crippen molar-refractivity contribution in [2.75, 3.05) is 49.5 Å². The summed E-state index contributed by atoms with van der Waals surface area (Å²) in [6.45, 7) is 15.1. The average Bonchev–Trinajstić information content (AvgIpc) is 2.48. The highest BCUT2D eigenvalue weighted by Crippen LogP contribution is 2.14. The van der Waals surface area contributed by atoms with Gasteiger partial charge in [0.2, 0.25) is 0 Å². The van der Waals surface area contributed by atoms with Crippen molar-refractivity contribution >= 4 is 11.6 Å². The number of hydrogen-bond donors (Lipinski definition) is 1. The Hall–Kier alpha value is -1.29. The van der Waals surface area contributed by atoms with Crippen LogP contribution in [0.4, 0.5) is 11.6 Å². The van der Waals surface area contributed by atoms with Crippen LogP contribution in [-0.2, 0) is 0 Å². The number of hydrogen-bond acceptors (Lipinski definition) is 4. The fraction of sp³-hybridized carbons (Fsp3) is 0.688. The molecule has 4 nitrogen and oxygen atoms in total. The fourth-order valence-corrected chi connectivity index (χ4v) is 2.34. The van der Waals surface area contributed by atoms with Crippen LogP contribution in [0, 0.1) is 0 Å². The molecule has 0 fully saturated rings. The third-order valence-corrected chi connectivity index (χ3v) is 3.59. The van der Waals surface area contributed by atoms with Gasteiger partial charge in [-0.1, -0.05) is 19.9 Å². The van der Waals surface area contributed by atoms with Crippen molar-refractivity contribution in [2.24, 2.45) is 0 Å². The zero-order valence-corrected chi connectivity index (χ0v) is 13.5. The molecule has 1 heterocycles. The summed E-state index contributed by atoms with van der Waals surface area (Å²) in [5.74, 6) is 2.04. The van der Waals surface area contributed by atoms with Crippen LogP contribution in [0.5, 0.6) is 0 Å². The van der Waals surface area contributed by atoms with Crippen molar-refractivity contribution < 1.29 is 0 Å². The maximum atomic E-state index is 4.67. The first-order valence-corrected chi connectivity index (χ1v) is 7.93. The van der Waals surface area contributed by atoms with E-state index >= 15 is 0 Å². The fourth-order valence-electron chi connectivity index (χ4n) is 2.34. The molecule has 1 aromatic heterocycles. The summed E-state index contributed by atoms with van der Waals surface area (Å²) < 4.78 is 0. The van der Waals surface area contributed by atoms with Gasteiger partial charge >= 0.3 is 0 Å². The highest BCUT2D eigenvalue weighted by atomic mass is 15.2. The first-order chi connectivity index (χ1) is 9.74. The predicted octanol–water partition coefficient (Wildman–Crippen LogP) is 3.07. The standard InChI is InChI=1S/C16H30N4/c1-5-17-15-11-9-12-16(18-15)20(8-4)14-10-13-19(6-2)7-3/h9,11-12H,5-8,10,13-14H2,1-4H3,(H,17,18). The molecule has 0 radical (unpaired) electrons. The van der Waals surface area contributed by atoms with Crippen LogP contribution in [-0.4, -0.2) is 49.2 Å². The number of nitrogens with one attached hydrogen (secondary N) is 1. The Labute approximate surface area is 124 Å².